The van der Waals surface area contributed by atoms with Gasteiger partial charge in [-0.3, -0.25) is 4.79 Å². The molecule has 0 aromatic rings. The van der Waals surface area contributed by atoms with E-state index in [1.165, 1.54) is 0 Å². The monoisotopic (exact) mass is 168 g/mol. The molecule has 0 radical (unpaired) electrons. The summed E-state index contributed by atoms with van der Waals surface area (Å²) < 4.78 is 0. The fraction of sp³-hybridized carbons (Fsp3) is 0.667. The molecule has 0 unspecified atom stereocenters. The van der Waals surface area contributed by atoms with Crippen molar-refractivity contribution in [2.24, 2.45) is 0 Å². The van der Waals surface area contributed by atoms with Gasteiger partial charge < -0.3 is 0 Å². The number of halogens is 1. The molecule has 1 nitrogen and oxygen atoms in total. The molecule has 0 aliphatic heterocycles. The molecule has 6 heavy (non-hydrogen) atoms. The molecule has 0 rings (SSSR count). The highest BCUT2D eigenvalue weighted by Crippen LogP contribution is 2.11. The highest BCUT2D eigenvalue weighted by molar-refractivity contribution is 9.52. The van der Waals surface area contributed by atoms with Crippen LogP contribution in [0.25, 0.3) is 0 Å². The van der Waals surface area contributed by atoms with Gasteiger partial charge in [-0.05, 0) is 25.0 Å². The van der Waals surface area contributed by atoms with Gasteiger partial charge in [0, 0.05) is 6.42 Å². The molecule has 0 saturated carbocycles. The van der Waals surface area contributed by atoms with E-state index in [1.807, 2.05) is 6.92 Å². The van der Waals surface area contributed by atoms with E-state index in [1.54, 1.807) is 0 Å². The highest BCUT2D eigenvalue weighted by atomic mass is 79.9. The minimum absolute atomic E-state index is 0.176. The molecular weight excluding hydrogens is 164 g/mol. The molecule has 0 bridgehead atoms. The van der Waals surface area contributed by atoms with Crippen molar-refractivity contribution in [3.63, 3.8) is 0 Å². The Morgan fingerprint density at radius 1 is 2.00 bits per heavy atom. The molecule has 0 saturated heterocycles. The molecule has 3 heteroatoms. The molecule has 0 aliphatic carbocycles. The van der Waals surface area contributed by atoms with Crippen LogP contribution in [0.4, 0.5) is 0 Å². The zero-order chi connectivity index (χ0) is 4.99. The minimum Gasteiger partial charge on any atom is -0.286 e. The van der Waals surface area contributed by atoms with Crippen molar-refractivity contribution in [1.29, 1.82) is 0 Å². The third-order valence-electron chi connectivity index (χ3n) is 0.375. The Morgan fingerprint density at radius 3 is 2.50 bits per heavy atom. The summed E-state index contributed by atoms with van der Waals surface area (Å²) >= 11 is 2.94. The van der Waals surface area contributed by atoms with Crippen LogP contribution in [0.1, 0.15) is 13.3 Å². The lowest BCUT2D eigenvalue weighted by molar-refractivity contribution is -0.110. The van der Waals surface area contributed by atoms with Crippen LogP contribution in [0.15, 0.2) is 0 Å². The molecule has 0 aromatic heterocycles. The molecule has 0 amide bonds. The van der Waals surface area contributed by atoms with E-state index in [0.29, 0.717) is 6.42 Å². The van der Waals surface area contributed by atoms with E-state index in [2.05, 4.69) is 14.8 Å². The summed E-state index contributed by atoms with van der Waals surface area (Å²) in [5.41, 5.74) is 0. The maximum atomic E-state index is 10.1. The number of hydrogen-bond acceptors (Lipinski definition) is 2. The van der Waals surface area contributed by atoms with Gasteiger partial charge in [0.25, 0.3) is 0 Å². The number of hydrogen-bond donors (Lipinski definition) is 0. The zero-order valence-electron chi connectivity index (χ0n) is 3.40. The zero-order valence-corrected chi connectivity index (χ0v) is 5.80. The molecule has 0 atom stereocenters. The standard InChI is InChI=1S/C3H5BrOS/c1-2-3(5)6-4/h2H2,1H3. The van der Waals surface area contributed by atoms with Crippen LogP contribution in [0.2, 0.25) is 0 Å². The second kappa shape index (κ2) is 3.68. The average molecular weight is 169 g/mol. The first kappa shape index (κ1) is 6.50. The molecule has 0 spiro atoms. The average Bonchev–Trinajstić information content (AvgIpc) is 1.65. The lowest BCUT2D eigenvalue weighted by Crippen LogP contribution is -1.78. The van der Waals surface area contributed by atoms with E-state index in [-0.39, 0.29) is 5.12 Å². The molecule has 0 N–H and O–H groups in total. The summed E-state index contributed by atoms with van der Waals surface area (Å²) in [6, 6.07) is 0. The van der Waals surface area contributed by atoms with Crippen molar-refractivity contribution in [3.05, 3.63) is 0 Å². The first-order valence-corrected chi connectivity index (χ1v) is 4.28. The van der Waals surface area contributed by atoms with Crippen molar-refractivity contribution in [3.8, 4) is 0 Å². The maximum absolute atomic E-state index is 10.1. The summed E-state index contributed by atoms with van der Waals surface area (Å²) in [4.78, 5) is 10.1. The van der Waals surface area contributed by atoms with Gasteiger partial charge in [-0.15, -0.1) is 0 Å². The molecule has 0 heterocycles. The number of rotatable bonds is 1. The predicted molar refractivity (Wildman–Crippen MR) is 31.8 cm³/mol. The highest BCUT2D eigenvalue weighted by Gasteiger charge is 1.89. The predicted octanol–water partition coefficient (Wildman–Crippen LogP) is 1.97. The van der Waals surface area contributed by atoms with Crippen LogP contribution in [0, 0.1) is 0 Å². The normalized spacial score (nSPS) is 8.33. The second-order valence-corrected chi connectivity index (χ2v) is 2.38. The second-order valence-electron chi connectivity index (χ2n) is 0.803. The Hall–Kier alpha value is 0.500. The number of carbonyl (C=O) groups is 1. The topological polar surface area (TPSA) is 17.1 Å². The van der Waals surface area contributed by atoms with Gasteiger partial charge >= 0.3 is 0 Å². The number of carbonyl (C=O) groups excluding carboxylic acids is 1. The Morgan fingerprint density at radius 2 is 2.50 bits per heavy atom. The first-order chi connectivity index (χ1) is 2.81. The minimum atomic E-state index is 0.176. The van der Waals surface area contributed by atoms with Crippen molar-refractivity contribution >= 4 is 30.1 Å². The van der Waals surface area contributed by atoms with Crippen LogP contribution in [0.3, 0.4) is 0 Å². The summed E-state index contributed by atoms with van der Waals surface area (Å²) in [7, 11) is 1.10. The quantitative estimate of drug-likeness (QED) is 0.596. The largest absolute Gasteiger partial charge is 0.286 e. The first-order valence-electron chi connectivity index (χ1n) is 1.62. The summed E-state index contributed by atoms with van der Waals surface area (Å²) in [6.07, 6.45) is 0.607. The third-order valence-corrected chi connectivity index (χ3v) is 1.92. The van der Waals surface area contributed by atoms with E-state index in [9.17, 15) is 4.79 Å². The van der Waals surface area contributed by atoms with Crippen LogP contribution < -0.4 is 0 Å². The summed E-state index contributed by atoms with van der Waals surface area (Å²) in [5.74, 6) is 0. The van der Waals surface area contributed by atoms with Gasteiger partial charge in [-0.2, -0.15) is 0 Å². The van der Waals surface area contributed by atoms with Crippen LogP contribution >= 0.6 is 25.0 Å². The Labute approximate surface area is 48.7 Å². The Balaban J connectivity index is 2.99. The van der Waals surface area contributed by atoms with Crippen molar-refractivity contribution in [1.82, 2.24) is 0 Å². The van der Waals surface area contributed by atoms with E-state index < -0.39 is 0 Å². The van der Waals surface area contributed by atoms with Crippen LogP contribution in [-0.4, -0.2) is 5.12 Å². The molecule has 0 aromatic carbocycles. The molecule has 0 aliphatic rings. The van der Waals surface area contributed by atoms with E-state index >= 15 is 0 Å². The van der Waals surface area contributed by atoms with Gasteiger partial charge in [0.2, 0.25) is 0 Å². The van der Waals surface area contributed by atoms with Gasteiger partial charge in [0.1, 0.15) is 0 Å². The summed E-state index contributed by atoms with van der Waals surface area (Å²) in [6.45, 7) is 1.83. The maximum Gasteiger partial charge on any atom is 0.199 e. The van der Waals surface area contributed by atoms with Crippen LogP contribution in [-0.2, 0) is 4.79 Å². The molecule has 0 fully saturated rings. The fourth-order valence-electron chi connectivity index (χ4n) is 0.0546. The van der Waals surface area contributed by atoms with Gasteiger partial charge in [-0.25, -0.2) is 0 Å². The smallest absolute Gasteiger partial charge is 0.199 e. The summed E-state index contributed by atoms with van der Waals surface area (Å²) in [5, 5.41) is 0.176. The van der Waals surface area contributed by atoms with Crippen molar-refractivity contribution in [2.45, 2.75) is 13.3 Å². The lowest BCUT2D eigenvalue weighted by Gasteiger charge is -1.78. The van der Waals surface area contributed by atoms with Gasteiger partial charge in [-0.1, -0.05) is 6.92 Å². The Kier molecular flexibility index (Phi) is 3.99. The van der Waals surface area contributed by atoms with E-state index in [0.717, 1.165) is 10.2 Å². The van der Waals surface area contributed by atoms with Crippen molar-refractivity contribution < 1.29 is 4.79 Å². The lowest BCUT2D eigenvalue weighted by atomic mass is 10.6. The molecule has 36 valence electrons. The Bertz CT molecular complexity index is 48.8. The third kappa shape index (κ3) is 2.72. The SMILES string of the molecule is CCC(=O)SBr. The van der Waals surface area contributed by atoms with Gasteiger partial charge in [0.15, 0.2) is 5.12 Å². The van der Waals surface area contributed by atoms with Crippen molar-refractivity contribution in [2.75, 3.05) is 0 Å². The fourth-order valence-corrected chi connectivity index (χ4v) is 0.850. The van der Waals surface area contributed by atoms with Crippen LogP contribution in [0.5, 0.6) is 0 Å². The van der Waals surface area contributed by atoms with E-state index in [4.69, 9.17) is 0 Å². The molecular formula is C3H5BrOS. The van der Waals surface area contributed by atoms with Gasteiger partial charge in [0.05, 0.1) is 0 Å².